The number of amides is 1. The lowest BCUT2D eigenvalue weighted by Gasteiger charge is -2.27. The molecule has 0 saturated heterocycles. The molecule has 0 aromatic heterocycles. The molecule has 0 saturated carbocycles. The second kappa shape index (κ2) is 7.22. The SMILES string of the molecule is CC(C)N(CCCCl)C(=O)c1cc(Cl)ccc1Cl. The number of benzene rings is 1. The fourth-order valence-electron chi connectivity index (χ4n) is 1.64. The lowest BCUT2D eigenvalue weighted by Crippen LogP contribution is -2.38. The first-order valence-corrected chi connectivity index (χ1v) is 7.08. The molecule has 0 fully saturated rings. The van der Waals surface area contributed by atoms with Gasteiger partial charge in [0.25, 0.3) is 5.91 Å². The summed E-state index contributed by atoms with van der Waals surface area (Å²) in [4.78, 5) is 14.2. The van der Waals surface area contributed by atoms with Gasteiger partial charge in [0, 0.05) is 23.5 Å². The van der Waals surface area contributed by atoms with Crippen LogP contribution >= 0.6 is 34.8 Å². The maximum atomic E-state index is 12.4. The Morgan fingerprint density at radius 1 is 1.33 bits per heavy atom. The van der Waals surface area contributed by atoms with Gasteiger partial charge >= 0.3 is 0 Å². The molecule has 0 aliphatic heterocycles. The third-order valence-corrected chi connectivity index (χ3v) is 3.41. The molecular weight excluding hydrogens is 293 g/mol. The van der Waals surface area contributed by atoms with E-state index in [0.717, 1.165) is 6.42 Å². The third-order valence-electron chi connectivity index (χ3n) is 2.58. The van der Waals surface area contributed by atoms with Gasteiger partial charge in [0.05, 0.1) is 10.6 Å². The van der Waals surface area contributed by atoms with Crippen LogP contribution in [0.25, 0.3) is 0 Å². The standard InChI is InChI=1S/C13H16Cl3NO/c1-9(2)17(7-3-6-14)13(18)11-8-10(15)4-5-12(11)16/h4-5,8-9H,3,6-7H2,1-2H3. The number of carbonyl (C=O) groups is 1. The zero-order valence-corrected chi connectivity index (χ0v) is 12.7. The van der Waals surface area contributed by atoms with E-state index in [9.17, 15) is 4.79 Å². The van der Waals surface area contributed by atoms with E-state index in [1.807, 2.05) is 13.8 Å². The van der Waals surface area contributed by atoms with Gasteiger partial charge < -0.3 is 4.90 Å². The number of rotatable bonds is 5. The Kier molecular flexibility index (Phi) is 6.27. The van der Waals surface area contributed by atoms with Crippen LogP contribution in [-0.4, -0.2) is 29.3 Å². The van der Waals surface area contributed by atoms with Crippen molar-refractivity contribution >= 4 is 40.7 Å². The fraction of sp³-hybridized carbons (Fsp3) is 0.462. The summed E-state index contributed by atoms with van der Waals surface area (Å²) in [5.74, 6) is 0.419. The highest BCUT2D eigenvalue weighted by molar-refractivity contribution is 6.35. The molecule has 0 aliphatic rings. The first-order chi connectivity index (χ1) is 8.47. The molecule has 1 rings (SSSR count). The Morgan fingerprint density at radius 2 is 2.00 bits per heavy atom. The van der Waals surface area contributed by atoms with Gasteiger partial charge in [-0.15, -0.1) is 11.6 Å². The highest BCUT2D eigenvalue weighted by Gasteiger charge is 2.20. The zero-order chi connectivity index (χ0) is 13.7. The average Bonchev–Trinajstić information content (AvgIpc) is 2.32. The fourth-order valence-corrected chi connectivity index (χ4v) is 2.13. The van der Waals surface area contributed by atoms with Crippen molar-refractivity contribution in [3.8, 4) is 0 Å². The lowest BCUT2D eigenvalue weighted by atomic mass is 10.1. The molecule has 0 unspecified atom stereocenters. The summed E-state index contributed by atoms with van der Waals surface area (Å²) in [5, 5.41) is 0.921. The normalized spacial score (nSPS) is 10.8. The van der Waals surface area contributed by atoms with Crippen LogP contribution in [0.15, 0.2) is 18.2 Å². The predicted octanol–water partition coefficient (Wildman–Crippen LogP) is 4.47. The Bertz CT molecular complexity index is 421. The quantitative estimate of drug-likeness (QED) is 0.735. The van der Waals surface area contributed by atoms with Gasteiger partial charge in [0.2, 0.25) is 0 Å². The van der Waals surface area contributed by atoms with Crippen LogP contribution in [0.5, 0.6) is 0 Å². The van der Waals surface area contributed by atoms with Crippen molar-refractivity contribution in [3.63, 3.8) is 0 Å². The molecule has 2 nitrogen and oxygen atoms in total. The molecule has 0 spiro atoms. The van der Waals surface area contributed by atoms with E-state index in [-0.39, 0.29) is 11.9 Å². The van der Waals surface area contributed by atoms with Crippen molar-refractivity contribution < 1.29 is 4.79 Å². The predicted molar refractivity (Wildman–Crippen MR) is 78.0 cm³/mol. The zero-order valence-electron chi connectivity index (χ0n) is 10.4. The summed E-state index contributed by atoms with van der Waals surface area (Å²) < 4.78 is 0. The summed E-state index contributed by atoms with van der Waals surface area (Å²) in [6, 6.07) is 4.99. The van der Waals surface area contributed by atoms with E-state index < -0.39 is 0 Å². The number of hydrogen-bond acceptors (Lipinski definition) is 1. The van der Waals surface area contributed by atoms with Gasteiger partial charge in [-0.05, 0) is 38.5 Å². The molecule has 0 atom stereocenters. The van der Waals surface area contributed by atoms with Crippen LogP contribution in [0.3, 0.4) is 0 Å². The van der Waals surface area contributed by atoms with Crippen LogP contribution < -0.4 is 0 Å². The molecule has 18 heavy (non-hydrogen) atoms. The van der Waals surface area contributed by atoms with Crippen molar-refractivity contribution in [2.45, 2.75) is 26.3 Å². The minimum absolute atomic E-state index is 0.0933. The van der Waals surface area contributed by atoms with Crippen LogP contribution in [-0.2, 0) is 0 Å². The monoisotopic (exact) mass is 307 g/mol. The molecule has 0 aliphatic carbocycles. The summed E-state index contributed by atoms with van der Waals surface area (Å²) >= 11 is 17.6. The molecule has 1 amide bonds. The maximum Gasteiger partial charge on any atom is 0.255 e. The first kappa shape index (κ1) is 15.6. The first-order valence-electron chi connectivity index (χ1n) is 5.79. The number of hydrogen-bond donors (Lipinski definition) is 0. The summed E-state index contributed by atoms with van der Waals surface area (Å²) in [6.45, 7) is 4.54. The number of nitrogens with zero attached hydrogens (tertiary/aromatic N) is 1. The summed E-state index contributed by atoms with van der Waals surface area (Å²) in [7, 11) is 0. The van der Waals surface area contributed by atoms with Crippen LogP contribution in [0.1, 0.15) is 30.6 Å². The van der Waals surface area contributed by atoms with E-state index in [1.165, 1.54) is 0 Å². The van der Waals surface area contributed by atoms with E-state index in [1.54, 1.807) is 23.1 Å². The molecule has 100 valence electrons. The molecule has 0 N–H and O–H groups in total. The molecule has 0 heterocycles. The van der Waals surface area contributed by atoms with Crippen LogP contribution in [0.2, 0.25) is 10.0 Å². The van der Waals surface area contributed by atoms with Crippen LogP contribution in [0, 0.1) is 0 Å². The van der Waals surface area contributed by atoms with E-state index >= 15 is 0 Å². The average molecular weight is 309 g/mol. The van der Waals surface area contributed by atoms with E-state index in [4.69, 9.17) is 34.8 Å². The Morgan fingerprint density at radius 3 is 2.56 bits per heavy atom. The highest BCUT2D eigenvalue weighted by Crippen LogP contribution is 2.23. The van der Waals surface area contributed by atoms with Gasteiger partial charge in [-0.1, -0.05) is 23.2 Å². The van der Waals surface area contributed by atoms with Crippen molar-refractivity contribution in [1.29, 1.82) is 0 Å². The molecular formula is C13H16Cl3NO. The van der Waals surface area contributed by atoms with Gasteiger partial charge in [-0.25, -0.2) is 0 Å². The van der Waals surface area contributed by atoms with Gasteiger partial charge in [0.1, 0.15) is 0 Å². The van der Waals surface area contributed by atoms with E-state index in [0.29, 0.717) is 28.0 Å². The maximum absolute atomic E-state index is 12.4. The molecule has 1 aromatic rings. The van der Waals surface area contributed by atoms with Crippen LogP contribution in [0.4, 0.5) is 0 Å². The molecule has 1 aromatic carbocycles. The molecule has 5 heteroatoms. The second-order valence-electron chi connectivity index (χ2n) is 4.26. The number of carbonyl (C=O) groups excluding carboxylic acids is 1. The van der Waals surface area contributed by atoms with Gasteiger partial charge in [-0.2, -0.15) is 0 Å². The van der Waals surface area contributed by atoms with Gasteiger partial charge in [-0.3, -0.25) is 4.79 Å². The lowest BCUT2D eigenvalue weighted by molar-refractivity contribution is 0.0706. The molecule has 0 bridgehead atoms. The minimum Gasteiger partial charge on any atom is -0.336 e. The topological polar surface area (TPSA) is 20.3 Å². The van der Waals surface area contributed by atoms with E-state index in [2.05, 4.69) is 0 Å². The largest absolute Gasteiger partial charge is 0.336 e. The summed E-state index contributed by atoms with van der Waals surface area (Å²) in [6.07, 6.45) is 0.754. The Labute approximate surface area is 123 Å². The number of halogens is 3. The van der Waals surface area contributed by atoms with Gasteiger partial charge in [0.15, 0.2) is 0 Å². The van der Waals surface area contributed by atoms with Crippen molar-refractivity contribution in [2.24, 2.45) is 0 Å². The van der Waals surface area contributed by atoms with Crippen molar-refractivity contribution in [1.82, 2.24) is 4.90 Å². The second-order valence-corrected chi connectivity index (χ2v) is 5.48. The van der Waals surface area contributed by atoms with Crippen molar-refractivity contribution in [3.05, 3.63) is 33.8 Å². The summed E-state index contributed by atoms with van der Waals surface area (Å²) in [5.41, 5.74) is 0.437. The molecule has 0 radical (unpaired) electrons. The smallest absolute Gasteiger partial charge is 0.255 e. The third kappa shape index (κ3) is 4.04. The number of alkyl halides is 1. The van der Waals surface area contributed by atoms with Crippen molar-refractivity contribution in [2.75, 3.05) is 12.4 Å². The minimum atomic E-state index is -0.109. The highest BCUT2D eigenvalue weighted by atomic mass is 35.5. The Balaban J connectivity index is 2.98. The Hall–Kier alpha value is -0.440.